The molecule has 1 aliphatic rings. The first-order valence-electron chi connectivity index (χ1n) is 24.9. The standard InChI is InChI=1S/C63H72N4O/c1-39(2)43-30-53(40(3)4)60(54(31-43)41(5)6)42-22-25-51-52-26-24-50(37-57(52)67(56(51)32-42)59-35-46(28-29-64-59)63(13,14)15)68-49-21-17-20-48(36-49)66-38-65(47-19-16-18-44(33-47)61(7,8)9)55-27-23-45(34-58(55)66)62(10,11)12/h16-37,39-41H,38H2,1-15H3. The number of anilines is 4. The van der Waals surface area contributed by atoms with Gasteiger partial charge in [0.25, 0.3) is 0 Å². The summed E-state index contributed by atoms with van der Waals surface area (Å²) in [6, 6.07) is 47.5. The van der Waals surface area contributed by atoms with Crippen LogP contribution < -0.4 is 14.5 Å². The second-order valence-electron chi connectivity index (χ2n) is 23.3. The monoisotopic (exact) mass is 901 g/mol. The highest BCUT2D eigenvalue weighted by molar-refractivity contribution is 6.10. The molecule has 68 heavy (non-hydrogen) atoms. The van der Waals surface area contributed by atoms with Gasteiger partial charge in [-0.3, -0.25) is 4.57 Å². The third kappa shape index (κ3) is 8.81. The van der Waals surface area contributed by atoms with Crippen molar-refractivity contribution in [1.82, 2.24) is 9.55 Å². The van der Waals surface area contributed by atoms with E-state index in [1.54, 1.807) is 0 Å². The molecule has 5 heteroatoms. The third-order valence-electron chi connectivity index (χ3n) is 14.1. The van der Waals surface area contributed by atoms with Crippen molar-refractivity contribution in [3.8, 4) is 28.4 Å². The predicted octanol–water partition coefficient (Wildman–Crippen LogP) is 18.1. The lowest BCUT2D eigenvalue weighted by atomic mass is 9.81. The third-order valence-corrected chi connectivity index (χ3v) is 14.1. The van der Waals surface area contributed by atoms with E-state index in [1.807, 2.05) is 6.20 Å². The summed E-state index contributed by atoms with van der Waals surface area (Å²) in [6.45, 7) is 35.1. The molecule has 9 rings (SSSR count). The molecule has 5 nitrogen and oxygen atoms in total. The van der Waals surface area contributed by atoms with Crippen molar-refractivity contribution in [2.75, 3.05) is 16.5 Å². The highest BCUT2D eigenvalue weighted by Gasteiger charge is 2.31. The fraction of sp³-hybridized carbons (Fsp3) is 0.349. The minimum Gasteiger partial charge on any atom is -0.457 e. The Morgan fingerprint density at radius 1 is 0.485 bits per heavy atom. The summed E-state index contributed by atoms with van der Waals surface area (Å²) in [5.41, 5.74) is 17.5. The molecule has 8 aromatic rings. The molecule has 0 unspecified atom stereocenters. The maximum atomic E-state index is 6.92. The van der Waals surface area contributed by atoms with E-state index in [1.165, 1.54) is 67.0 Å². The number of aromatic nitrogens is 2. The highest BCUT2D eigenvalue weighted by Crippen LogP contribution is 2.48. The van der Waals surface area contributed by atoms with Gasteiger partial charge >= 0.3 is 0 Å². The minimum absolute atomic E-state index is 0.00458. The zero-order valence-corrected chi connectivity index (χ0v) is 43.3. The average molecular weight is 901 g/mol. The van der Waals surface area contributed by atoms with E-state index in [-0.39, 0.29) is 16.2 Å². The Bertz CT molecular complexity index is 3150. The fourth-order valence-electron chi connectivity index (χ4n) is 9.92. The molecule has 0 saturated carbocycles. The Morgan fingerprint density at radius 3 is 1.68 bits per heavy atom. The van der Waals surface area contributed by atoms with Crippen LogP contribution in [-0.2, 0) is 16.2 Å². The van der Waals surface area contributed by atoms with Gasteiger partial charge in [0.2, 0.25) is 0 Å². The molecule has 3 heterocycles. The van der Waals surface area contributed by atoms with Gasteiger partial charge in [-0.25, -0.2) is 4.98 Å². The van der Waals surface area contributed by atoms with E-state index >= 15 is 0 Å². The van der Waals surface area contributed by atoms with Crippen molar-refractivity contribution in [2.45, 2.75) is 138 Å². The van der Waals surface area contributed by atoms with Gasteiger partial charge in [-0.2, -0.15) is 0 Å². The minimum atomic E-state index is -0.0466. The van der Waals surface area contributed by atoms with Crippen molar-refractivity contribution in [2.24, 2.45) is 0 Å². The van der Waals surface area contributed by atoms with Gasteiger partial charge in [0.1, 0.15) is 24.0 Å². The van der Waals surface area contributed by atoms with Gasteiger partial charge in [0, 0.05) is 40.5 Å². The summed E-state index contributed by atoms with van der Waals surface area (Å²) in [4.78, 5) is 9.96. The SMILES string of the molecule is CC(C)c1cc(C(C)C)c(-c2ccc3c4ccc(Oc5cccc(N6CN(c7cccc(C(C)(C)C)c7)c7ccc(C(C)(C)C)cc76)c5)cc4n(-c4cc(C(C)(C)C)ccn4)c3c2)c(C(C)C)c1. The van der Waals surface area contributed by atoms with Crippen LogP contribution in [0, 0.1) is 0 Å². The predicted molar refractivity (Wildman–Crippen MR) is 291 cm³/mol. The van der Waals surface area contributed by atoms with Crippen LogP contribution in [-0.4, -0.2) is 16.2 Å². The van der Waals surface area contributed by atoms with E-state index < -0.39 is 0 Å². The molecule has 0 bridgehead atoms. The topological polar surface area (TPSA) is 33.5 Å². The van der Waals surface area contributed by atoms with Crippen LogP contribution in [0.4, 0.5) is 22.7 Å². The van der Waals surface area contributed by atoms with Crippen LogP contribution in [0.1, 0.15) is 155 Å². The van der Waals surface area contributed by atoms with E-state index in [0.717, 1.165) is 39.4 Å². The van der Waals surface area contributed by atoms with Crippen molar-refractivity contribution < 1.29 is 4.74 Å². The summed E-state index contributed by atoms with van der Waals surface area (Å²) in [5.74, 6) is 3.66. The Balaban J connectivity index is 1.16. The second-order valence-corrected chi connectivity index (χ2v) is 23.3. The maximum absolute atomic E-state index is 6.92. The Kier molecular flexibility index (Phi) is 11.9. The largest absolute Gasteiger partial charge is 0.457 e. The first-order chi connectivity index (χ1) is 32.1. The number of nitrogens with zero attached hydrogens (tertiary/aromatic N) is 4. The number of ether oxygens (including phenoxy) is 1. The lowest BCUT2D eigenvalue weighted by Crippen LogP contribution is -2.24. The van der Waals surface area contributed by atoms with Gasteiger partial charge in [0.15, 0.2) is 0 Å². The van der Waals surface area contributed by atoms with Crippen molar-refractivity contribution in [3.05, 3.63) is 167 Å². The van der Waals surface area contributed by atoms with Crippen LogP contribution in [0.5, 0.6) is 11.5 Å². The number of benzene rings is 6. The lowest BCUT2D eigenvalue weighted by Gasteiger charge is -2.25. The van der Waals surface area contributed by atoms with Crippen LogP contribution >= 0.6 is 0 Å². The molecule has 0 N–H and O–H groups in total. The summed E-state index contributed by atoms with van der Waals surface area (Å²) >= 11 is 0. The fourth-order valence-corrected chi connectivity index (χ4v) is 9.92. The summed E-state index contributed by atoms with van der Waals surface area (Å²) in [7, 11) is 0. The van der Waals surface area contributed by atoms with Crippen LogP contribution in [0.25, 0.3) is 38.8 Å². The first-order valence-corrected chi connectivity index (χ1v) is 24.9. The molecule has 0 radical (unpaired) electrons. The van der Waals surface area contributed by atoms with Gasteiger partial charge in [0.05, 0.1) is 22.4 Å². The highest BCUT2D eigenvalue weighted by atomic mass is 16.5. The Morgan fingerprint density at radius 2 is 1.04 bits per heavy atom. The molecule has 1 aliphatic heterocycles. The quantitative estimate of drug-likeness (QED) is 0.145. The Hall–Kier alpha value is -6.33. The molecular weight excluding hydrogens is 829 g/mol. The molecule has 0 atom stereocenters. The first kappa shape index (κ1) is 46.8. The van der Waals surface area contributed by atoms with E-state index in [2.05, 4.69) is 246 Å². The molecular formula is C63H72N4O. The zero-order valence-electron chi connectivity index (χ0n) is 43.3. The van der Waals surface area contributed by atoms with Crippen molar-refractivity contribution in [3.63, 3.8) is 0 Å². The maximum Gasteiger partial charge on any atom is 0.137 e. The number of hydrogen-bond acceptors (Lipinski definition) is 4. The number of fused-ring (bicyclic) bond motifs is 4. The number of pyridine rings is 1. The van der Waals surface area contributed by atoms with E-state index in [4.69, 9.17) is 9.72 Å². The molecule has 0 amide bonds. The van der Waals surface area contributed by atoms with Gasteiger partial charge in [-0.1, -0.05) is 152 Å². The zero-order chi connectivity index (χ0) is 48.6. The van der Waals surface area contributed by atoms with Gasteiger partial charge < -0.3 is 14.5 Å². The van der Waals surface area contributed by atoms with Crippen molar-refractivity contribution >= 4 is 44.6 Å². The van der Waals surface area contributed by atoms with E-state index in [9.17, 15) is 0 Å². The van der Waals surface area contributed by atoms with Gasteiger partial charge in [-0.05, 0) is 145 Å². The Labute approximate surface area is 406 Å². The molecule has 6 aromatic carbocycles. The van der Waals surface area contributed by atoms with Crippen LogP contribution in [0.2, 0.25) is 0 Å². The lowest BCUT2D eigenvalue weighted by molar-refractivity contribution is 0.483. The molecule has 0 fully saturated rings. The summed E-state index contributed by atoms with van der Waals surface area (Å²) < 4.78 is 9.27. The van der Waals surface area contributed by atoms with Crippen LogP contribution in [0.15, 0.2) is 134 Å². The van der Waals surface area contributed by atoms with Crippen LogP contribution in [0.3, 0.4) is 0 Å². The summed E-state index contributed by atoms with van der Waals surface area (Å²) in [5, 5.41) is 2.36. The number of hydrogen-bond donors (Lipinski definition) is 0. The molecule has 0 spiro atoms. The normalized spacial score (nSPS) is 13.5. The van der Waals surface area contributed by atoms with E-state index in [0.29, 0.717) is 24.4 Å². The average Bonchev–Trinajstić information content (AvgIpc) is 3.83. The molecule has 0 saturated heterocycles. The molecule has 2 aromatic heterocycles. The number of rotatable bonds is 9. The smallest absolute Gasteiger partial charge is 0.137 e. The van der Waals surface area contributed by atoms with Gasteiger partial charge in [-0.15, -0.1) is 0 Å². The summed E-state index contributed by atoms with van der Waals surface area (Å²) in [6.07, 6.45) is 1.96. The van der Waals surface area contributed by atoms with Crippen molar-refractivity contribution in [1.29, 1.82) is 0 Å². The molecule has 0 aliphatic carbocycles. The molecule has 350 valence electrons. The second kappa shape index (κ2) is 17.3.